The Hall–Kier alpha value is -3.80. The molecule has 0 bridgehead atoms. The van der Waals surface area contributed by atoms with Gasteiger partial charge in [-0.05, 0) is 60.6 Å². The summed E-state index contributed by atoms with van der Waals surface area (Å²) in [7, 11) is -4.05. The molecule has 1 saturated heterocycles. The summed E-state index contributed by atoms with van der Waals surface area (Å²) < 4.78 is 29.9. The molecule has 3 atom stereocenters. The Balaban J connectivity index is 1.21. The Labute approximate surface area is 249 Å². The zero-order chi connectivity index (χ0) is 29.3. The largest absolute Gasteiger partial charge is 0.375 e. The first kappa shape index (κ1) is 28.3. The van der Waals surface area contributed by atoms with Crippen molar-refractivity contribution in [2.45, 2.75) is 61.5 Å². The number of fused-ring (bicyclic) bond motifs is 2. The van der Waals surface area contributed by atoms with Crippen molar-refractivity contribution in [3.8, 4) is 0 Å². The number of hydrogen-bond acceptors (Lipinski definition) is 7. The van der Waals surface area contributed by atoms with Crippen molar-refractivity contribution in [3.05, 3.63) is 88.9 Å². The Morgan fingerprint density at radius 3 is 2.60 bits per heavy atom. The van der Waals surface area contributed by atoms with E-state index in [0.717, 1.165) is 39.7 Å². The van der Waals surface area contributed by atoms with Crippen LogP contribution >= 0.6 is 11.3 Å². The van der Waals surface area contributed by atoms with E-state index in [1.807, 2.05) is 54.6 Å². The zero-order valence-corrected chi connectivity index (χ0v) is 24.7. The Bertz CT molecular complexity index is 1720. The van der Waals surface area contributed by atoms with Gasteiger partial charge in [-0.15, -0.1) is 11.3 Å². The molecule has 1 aromatic heterocycles. The molecule has 1 aliphatic carbocycles. The molecule has 0 spiro atoms. The molecule has 218 valence electrons. The second-order valence-corrected chi connectivity index (χ2v) is 13.8. The topological polar surface area (TPSA) is 134 Å². The molecule has 2 amide bonds. The molecule has 11 heteroatoms. The van der Waals surface area contributed by atoms with E-state index in [-0.39, 0.29) is 23.3 Å². The molecule has 4 aromatic rings. The van der Waals surface area contributed by atoms with Gasteiger partial charge in [0.15, 0.2) is 5.13 Å². The number of amides is 2. The lowest BCUT2D eigenvalue weighted by Gasteiger charge is -2.30. The fourth-order valence-electron chi connectivity index (χ4n) is 5.94. The highest BCUT2D eigenvalue weighted by atomic mass is 32.2. The number of thiazole rings is 1. The number of hydrogen-bond donors (Lipinski definition) is 3. The third-order valence-electron chi connectivity index (χ3n) is 8.05. The van der Waals surface area contributed by atoms with Crippen LogP contribution in [0.3, 0.4) is 0 Å². The smallest absolute Gasteiger partial charge is 0.243 e. The SMILES string of the molecule is Nc1nc2c(s1)CC(NC(=O)C1CCCN1C(=O)C(Cc1ccccc1)NS(=O)(=O)c1ccc3ccccc3c1)CC2. The van der Waals surface area contributed by atoms with Crippen molar-refractivity contribution < 1.29 is 18.0 Å². The maximum atomic E-state index is 14.0. The number of likely N-dealkylation sites (tertiary alicyclic amines) is 1. The fourth-order valence-corrected chi connectivity index (χ4v) is 8.12. The van der Waals surface area contributed by atoms with E-state index >= 15 is 0 Å². The molecule has 4 N–H and O–H groups in total. The van der Waals surface area contributed by atoms with Crippen molar-refractivity contribution >= 4 is 49.1 Å². The number of benzene rings is 3. The molecule has 0 radical (unpaired) electrons. The molecule has 3 unspecified atom stereocenters. The van der Waals surface area contributed by atoms with Gasteiger partial charge in [0.25, 0.3) is 0 Å². The first-order chi connectivity index (χ1) is 20.3. The van der Waals surface area contributed by atoms with Crippen molar-refractivity contribution in [1.29, 1.82) is 0 Å². The summed E-state index contributed by atoms with van der Waals surface area (Å²) in [6, 6.07) is 19.9. The second kappa shape index (κ2) is 11.8. The van der Waals surface area contributed by atoms with E-state index in [9.17, 15) is 18.0 Å². The second-order valence-electron chi connectivity index (χ2n) is 10.9. The average Bonchev–Trinajstić information content (AvgIpc) is 3.63. The first-order valence-electron chi connectivity index (χ1n) is 14.2. The number of aryl methyl sites for hydroxylation is 1. The molecule has 9 nitrogen and oxygen atoms in total. The number of carbonyl (C=O) groups is 2. The summed E-state index contributed by atoms with van der Waals surface area (Å²) in [5, 5.41) is 5.39. The van der Waals surface area contributed by atoms with Crippen LogP contribution in [0.4, 0.5) is 5.13 Å². The lowest BCUT2D eigenvalue weighted by Crippen LogP contribution is -2.55. The Kier molecular flexibility index (Phi) is 7.98. The minimum atomic E-state index is -4.05. The first-order valence-corrected chi connectivity index (χ1v) is 16.5. The third-order valence-corrected chi connectivity index (χ3v) is 10.5. The number of nitrogens with one attached hydrogen (secondary N) is 2. The van der Waals surface area contributed by atoms with E-state index < -0.39 is 28.0 Å². The molecule has 1 aliphatic heterocycles. The minimum Gasteiger partial charge on any atom is -0.375 e. The summed E-state index contributed by atoms with van der Waals surface area (Å²) in [6.45, 7) is 0.389. The zero-order valence-electron chi connectivity index (χ0n) is 23.0. The highest BCUT2D eigenvalue weighted by Crippen LogP contribution is 2.29. The number of rotatable bonds is 8. The quantitative estimate of drug-likeness (QED) is 0.283. The molecular weight excluding hydrogens is 571 g/mol. The van der Waals surface area contributed by atoms with Gasteiger partial charge in [-0.25, -0.2) is 13.4 Å². The maximum Gasteiger partial charge on any atom is 0.243 e. The van der Waals surface area contributed by atoms with Gasteiger partial charge in [0.1, 0.15) is 12.1 Å². The maximum absolute atomic E-state index is 14.0. The van der Waals surface area contributed by atoms with Crippen molar-refractivity contribution in [2.24, 2.45) is 0 Å². The highest BCUT2D eigenvalue weighted by molar-refractivity contribution is 7.89. The Morgan fingerprint density at radius 1 is 1.02 bits per heavy atom. The van der Waals surface area contributed by atoms with Crippen molar-refractivity contribution in [1.82, 2.24) is 19.9 Å². The summed E-state index contributed by atoms with van der Waals surface area (Å²) in [5.41, 5.74) is 7.69. The van der Waals surface area contributed by atoms with E-state index in [4.69, 9.17) is 5.73 Å². The lowest BCUT2D eigenvalue weighted by molar-refractivity contribution is -0.140. The van der Waals surface area contributed by atoms with Crippen molar-refractivity contribution in [3.63, 3.8) is 0 Å². The number of carbonyl (C=O) groups excluding carboxylic acids is 2. The molecule has 6 rings (SSSR count). The molecular formula is C31H33N5O4S2. The van der Waals surface area contributed by atoms with Gasteiger partial charge < -0.3 is 16.0 Å². The molecule has 2 heterocycles. The molecule has 1 fully saturated rings. The van der Waals surface area contributed by atoms with Gasteiger partial charge in [-0.2, -0.15) is 4.72 Å². The van der Waals surface area contributed by atoms with Gasteiger partial charge in [-0.1, -0.05) is 60.7 Å². The average molecular weight is 604 g/mol. The van der Waals surface area contributed by atoms with Gasteiger partial charge in [0.05, 0.1) is 10.6 Å². The molecule has 42 heavy (non-hydrogen) atoms. The Morgan fingerprint density at radius 2 is 1.79 bits per heavy atom. The lowest BCUT2D eigenvalue weighted by atomic mass is 9.97. The fraction of sp³-hybridized carbons (Fsp3) is 0.323. The van der Waals surface area contributed by atoms with Crippen LogP contribution < -0.4 is 15.8 Å². The molecule has 2 aliphatic rings. The number of nitrogen functional groups attached to an aromatic ring is 1. The van der Waals surface area contributed by atoms with E-state index in [0.29, 0.717) is 30.9 Å². The number of nitrogens with zero attached hydrogens (tertiary/aromatic N) is 2. The predicted octanol–water partition coefficient (Wildman–Crippen LogP) is 3.43. The van der Waals surface area contributed by atoms with Crippen LogP contribution in [0.5, 0.6) is 0 Å². The summed E-state index contributed by atoms with van der Waals surface area (Å²) >= 11 is 1.45. The van der Waals surface area contributed by atoms with Crippen LogP contribution in [0.1, 0.15) is 35.4 Å². The summed E-state index contributed by atoms with van der Waals surface area (Å²) in [5.74, 6) is -0.607. The van der Waals surface area contributed by atoms with E-state index in [1.165, 1.54) is 11.3 Å². The standard InChI is InChI=1S/C31H33N5O4S2/c32-31-34-25-15-13-23(19-28(25)41-31)33-29(37)27-11-6-16-36(27)30(38)26(17-20-7-2-1-3-8-20)35-42(39,40)24-14-12-21-9-4-5-10-22(21)18-24/h1-5,7-10,12,14,18,23,26-27,35H,6,11,13,15-17,19H2,(H2,32,34)(H,33,37). The van der Waals surface area contributed by atoms with Crippen molar-refractivity contribution in [2.75, 3.05) is 12.3 Å². The van der Waals surface area contributed by atoms with Crippen LogP contribution in [0, 0.1) is 0 Å². The van der Waals surface area contributed by atoms with Gasteiger partial charge in [-0.3, -0.25) is 9.59 Å². The minimum absolute atomic E-state index is 0.0612. The summed E-state index contributed by atoms with van der Waals surface area (Å²) in [4.78, 5) is 34.6. The monoisotopic (exact) mass is 603 g/mol. The van der Waals surface area contributed by atoms with Gasteiger partial charge >= 0.3 is 0 Å². The predicted molar refractivity (Wildman–Crippen MR) is 163 cm³/mol. The third kappa shape index (κ3) is 6.04. The van der Waals surface area contributed by atoms with E-state index in [1.54, 1.807) is 23.1 Å². The van der Waals surface area contributed by atoms with Gasteiger partial charge in [0, 0.05) is 23.9 Å². The number of anilines is 1. The van der Waals surface area contributed by atoms with Crippen LogP contribution in [0.15, 0.2) is 77.7 Å². The van der Waals surface area contributed by atoms with Crippen LogP contribution in [0.25, 0.3) is 10.8 Å². The molecule has 3 aromatic carbocycles. The normalized spacial score (nSPS) is 19.4. The number of aromatic nitrogens is 1. The molecule has 0 saturated carbocycles. The van der Waals surface area contributed by atoms with Crippen LogP contribution in [0.2, 0.25) is 0 Å². The van der Waals surface area contributed by atoms with Crippen LogP contribution in [-0.4, -0.2) is 54.8 Å². The highest BCUT2D eigenvalue weighted by Gasteiger charge is 2.39. The van der Waals surface area contributed by atoms with E-state index in [2.05, 4.69) is 15.0 Å². The number of nitrogens with two attached hydrogens (primary N) is 1. The summed E-state index contributed by atoms with van der Waals surface area (Å²) in [6.07, 6.45) is 3.52. The van der Waals surface area contributed by atoms with Gasteiger partial charge in [0.2, 0.25) is 21.8 Å². The van der Waals surface area contributed by atoms with Crippen LogP contribution in [-0.2, 0) is 38.9 Å². The number of sulfonamides is 1.